The Labute approximate surface area is 156 Å². The molecule has 1 aromatic rings. The molecule has 1 aromatic carbocycles. The second-order valence-corrected chi connectivity index (χ2v) is 6.93. The maximum absolute atomic E-state index is 12.9. The number of nitrogens with one attached hydrogen (secondary N) is 1. The predicted octanol–water partition coefficient (Wildman–Crippen LogP) is 1.71. The van der Waals surface area contributed by atoms with Crippen molar-refractivity contribution >= 4 is 24.2 Å². The summed E-state index contributed by atoms with van der Waals surface area (Å²) in [5.41, 5.74) is 1.03. The van der Waals surface area contributed by atoms with Gasteiger partial charge in [-0.1, -0.05) is 30.3 Å². The van der Waals surface area contributed by atoms with Crippen LogP contribution in [0.2, 0.25) is 0 Å². The number of halogens is 1. The molecule has 1 N–H and O–H groups in total. The lowest BCUT2D eigenvalue weighted by Gasteiger charge is -2.39. The van der Waals surface area contributed by atoms with E-state index < -0.39 is 0 Å². The molecular formula is C19H28ClN3O2. The van der Waals surface area contributed by atoms with Crippen LogP contribution in [-0.2, 0) is 16.0 Å². The van der Waals surface area contributed by atoms with E-state index in [1.807, 2.05) is 40.1 Å². The summed E-state index contributed by atoms with van der Waals surface area (Å²) in [5.74, 6) is 0.312. The maximum atomic E-state index is 12.9. The van der Waals surface area contributed by atoms with E-state index in [1.54, 1.807) is 0 Å². The second-order valence-electron chi connectivity index (χ2n) is 6.93. The number of hydrogen-bond acceptors (Lipinski definition) is 3. The lowest BCUT2D eigenvalue weighted by atomic mass is 9.95. The molecule has 2 fully saturated rings. The van der Waals surface area contributed by atoms with E-state index in [9.17, 15) is 9.59 Å². The molecule has 6 heteroatoms. The van der Waals surface area contributed by atoms with Gasteiger partial charge in [0.15, 0.2) is 0 Å². The standard InChI is InChI=1S/C19H27N3O2.ClH/c1-15-13-20-9-11-22(15)19(24)17-8-5-10-21(14-17)18(23)12-16-6-3-2-4-7-16;/h2-4,6-7,15,17,20H,5,8-14H2,1H3;1H/t15-,17?;/m0./s1. The number of carbonyl (C=O) groups excluding carboxylic acids is 2. The number of rotatable bonds is 3. The van der Waals surface area contributed by atoms with Gasteiger partial charge in [-0.05, 0) is 25.3 Å². The van der Waals surface area contributed by atoms with Crippen LogP contribution in [-0.4, -0.2) is 60.4 Å². The first-order chi connectivity index (χ1) is 11.6. The molecule has 0 saturated carbocycles. The van der Waals surface area contributed by atoms with Crippen molar-refractivity contribution in [2.75, 3.05) is 32.7 Å². The largest absolute Gasteiger partial charge is 0.342 e. The van der Waals surface area contributed by atoms with E-state index in [1.165, 1.54) is 0 Å². The van der Waals surface area contributed by atoms with Gasteiger partial charge >= 0.3 is 0 Å². The van der Waals surface area contributed by atoms with Crippen LogP contribution < -0.4 is 5.32 Å². The Balaban J connectivity index is 0.00000225. The normalized spacial score (nSPS) is 23.7. The van der Waals surface area contributed by atoms with Crippen molar-refractivity contribution < 1.29 is 9.59 Å². The quantitative estimate of drug-likeness (QED) is 0.887. The number of benzene rings is 1. The van der Waals surface area contributed by atoms with Crippen LogP contribution in [0.5, 0.6) is 0 Å². The number of piperidine rings is 1. The van der Waals surface area contributed by atoms with E-state index >= 15 is 0 Å². The molecule has 2 aliphatic heterocycles. The Bertz CT molecular complexity index is 581. The molecule has 1 unspecified atom stereocenters. The molecule has 2 heterocycles. The van der Waals surface area contributed by atoms with Crippen molar-refractivity contribution in [1.82, 2.24) is 15.1 Å². The minimum absolute atomic E-state index is 0. The van der Waals surface area contributed by atoms with E-state index in [0.29, 0.717) is 13.0 Å². The zero-order valence-electron chi connectivity index (χ0n) is 14.8. The molecule has 0 spiro atoms. The molecular weight excluding hydrogens is 338 g/mol. The minimum atomic E-state index is -0.0426. The lowest BCUT2D eigenvalue weighted by Crippen LogP contribution is -2.56. The summed E-state index contributed by atoms with van der Waals surface area (Å²) in [6.07, 6.45) is 2.23. The van der Waals surface area contributed by atoms with Gasteiger partial charge in [-0.2, -0.15) is 0 Å². The summed E-state index contributed by atoms with van der Waals surface area (Å²) < 4.78 is 0. The zero-order chi connectivity index (χ0) is 16.9. The van der Waals surface area contributed by atoms with Crippen LogP contribution in [0.4, 0.5) is 0 Å². The summed E-state index contributed by atoms with van der Waals surface area (Å²) in [6.45, 7) is 5.92. The molecule has 3 rings (SSSR count). The monoisotopic (exact) mass is 365 g/mol. The fourth-order valence-corrected chi connectivity index (χ4v) is 3.69. The first kappa shape index (κ1) is 19.7. The maximum Gasteiger partial charge on any atom is 0.227 e. The highest BCUT2D eigenvalue weighted by molar-refractivity contribution is 5.85. The zero-order valence-corrected chi connectivity index (χ0v) is 15.6. The van der Waals surface area contributed by atoms with Gasteiger partial charge in [0.2, 0.25) is 11.8 Å². The van der Waals surface area contributed by atoms with E-state index in [4.69, 9.17) is 0 Å². The molecule has 0 aromatic heterocycles. The molecule has 0 aliphatic carbocycles. The van der Waals surface area contributed by atoms with Gasteiger partial charge in [-0.3, -0.25) is 9.59 Å². The summed E-state index contributed by atoms with van der Waals surface area (Å²) in [4.78, 5) is 29.3. The van der Waals surface area contributed by atoms with Gasteiger partial charge in [-0.25, -0.2) is 0 Å². The molecule has 2 saturated heterocycles. The Kier molecular flexibility index (Phi) is 7.26. The summed E-state index contributed by atoms with van der Waals surface area (Å²) in [5, 5.41) is 3.32. The first-order valence-corrected chi connectivity index (χ1v) is 8.98. The molecule has 25 heavy (non-hydrogen) atoms. The van der Waals surface area contributed by atoms with Crippen molar-refractivity contribution in [3.05, 3.63) is 35.9 Å². The molecule has 2 atom stereocenters. The smallest absolute Gasteiger partial charge is 0.227 e. The Morgan fingerprint density at radius 3 is 2.68 bits per heavy atom. The average Bonchev–Trinajstić information content (AvgIpc) is 2.62. The lowest BCUT2D eigenvalue weighted by molar-refractivity contribution is -0.142. The molecule has 138 valence electrons. The molecule has 2 aliphatic rings. The van der Waals surface area contributed by atoms with Crippen LogP contribution >= 0.6 is 12.4 Å². The Morgan fingerprint density at radius 2 is 1.96 bits per heavy atom. The van der Waals surface area contributed by atoms with E-state index in [-0.39, 0.29) is 36.2 Å². The fourth-order valence-electron chi connectivity index (χ4n) is 3.69. The third-order valence-electron chi connectivity index (χ3n) is 5.11. The average molecular weight is 366 g/mol. The highest BCUT2D eigenvalue weighted by Gasteiger charge is 2.33. The number of carbonyl (C=O) groups is 2. The third kappa shape index (κ3) is 4.95. The van der Waals surface area contributed by atoms with Gasteiger partial charge in [0.1, 0.15) is 0 Å². The SMILES string of the molecule is C[C@H]1CNCCN1C(=O)C1CCCN(C(=O)Cc2ccccc2)C1.Cl. The van der Waals surface area contributed by atoms with Gasteiger partial charge < -0.3 is 15.1 Å². The Hall–Kier alpha value is -1.59. The molecule has 5 nitrogen and oxygen atoms in total. The van der Waals surface area contributed by atoms with E-state index in [2.05, 4.69) is 12.2 Å². The molecule has 0 radical (unpaired) electrons. The topological polar surface area (TPSA) is 52.7 Å². The summed E-state index contributed by atoms with van der Waals surface area (Å²) in [6, 6.07) is 10.1. The number of amides is 2. The van der Waals surface area contributed by atoms with Crippen LogP contribution in [0.3, 0.4) is 0 Å². The second kappa shape index (κ2) is 9.20. The van der Waals surface area contributed by atoms with Crippen LogP contribution in [0, 0.1) is 5.92 Å². The van der Waals surface area contributed by atoms with Gasteiger partial charge in [0, 0.05) is 38.8 Å². The summed E-state index contributed by atoms with van der Waals surface area (Å²) >= 11 is 0. The highest BCUT2D eigenvalue weighted by Crippen LogP contribution is 2.21. The van der Waals surface area contributed by atoms with Crippen molar-refractivity contribution in [2.45, 2.75) is 32.2 Å². The first-order valence-electron chi connectivity index (χ1n) is 8.98. The van der Waals surface area contributed by atoms with Crippen molar-refractivity contribution in [3.8, 4) is 0 Å². The van der Waals surface area contributed by atoms with Crippen molar-refractivity contribution in [3.63, 3.8) is 0 Å². The van der Waals surface area contributed by atoms with E-state index in [0.717, 1.165) is 44.6 Å². The molecule has 0 bridgehead atoms. The van der Waals surface area contributed by atoms with Crippen molar-refractivity contribution in [1.29, 1.82) is 0 Å². The van der Waals surface area contributed by atoms with Gasteiger partial charge in [-0.15, -0.1) is 12.4 Å². The molecule has 2 amide bonds. The minimum Gasteiger partial charge on any atom is -0.342 e. The van der Waals surface area contributed by atoms with Crippen LogP contribution in [0.15, 0.2) is 30.3 Å². The van der Waals surface area contributed by atoms with Crippen molar-refractivity contribution in [2.24, 2.45) is 5.92 Å². The number of piperazine rings is 1. The van der Waals surface area contributed by atoms with Gasteiger partial charge in [0.25, 0.3) is 0 Å². The number of nitrogens with zero attached hydrogens (tertiary/aromatic N) is 2. The predicted molar refractivity (Wildman–Crippen MR) is 101 cm³/mol. The highest BCUT2D eigenvalue weighted by atomic mass is 35.5. The van der Waals surface area contributed by atoms with Crippen LogP contribution in [0.1, 0.15) is 25.3 Å². The fraction of sp³-hybridized carbons (Fsp3) is 0.579. The summed E-state index contributed by atoms with van der Waals surface area (Å²) in [7, 11) is 0. The third-order valence-corrected chi connectivity index (χ3v) is 5.11. The van der Waals surface area contributed by atoms with Gasteiger partial charge in [0.05, 0.1) is 12.3 Å². The Morgan fingerprint density at radius 1 is 1.20 bits per heavy atom. The van der Waals surface area contributed by atoms with Crippen LogP contribution in [0.25, 0.3) is 0 Å². The number of likely N-dealkylation sites (tertiary alicyclic amines) is 1. The number of hydrogen-bond donors (Lipinski definition) is 1.